The van der Waals surface area contributed by atoms with Crippen LogP contribution in [0.25, 0.3) is 0 Å². The first-order chi connectivity index (χ1) is 6.03. The Morgan fingerprint density at radius 1 is 1.38 bits per heavy atom. The van der Waals surface area contributed by atoms with Crippen molar-refractivity contribution in [2.75, 3.05) is 6.01 Å². The lowest BCUT2D eigenvalue weighted by Crippen LogP contribution is -2.10. The van der Waals surface area contributed by atoms with Crippen LogP contribution in [0.2, 0.25) is 0 Å². The molecule has 0 unspecified atom stereocenters. The number of benzene rings is 1. The molecule has 0 N–H and O–H groups in total. The van der Waals surface area contributed by atoms with Gasteiger partial charge in [0, 0.05) is 6.07 Å². The van der Waals surface area contributed by atoms with Crippen molar-refractivity contribution in [1.82, 2.24) is 0 Å². The van der Waals surface area contributed by atoms with Gasteiger partial charge in [0.05, 0.1) is 0 Å². The molecule has 0 aliphatic heterocycles. The fourth-order valence-corrected chi connectivity index (χ4v) is 1.13. The van der Waals surface area contributed by atoms with Crippen molar-refractivity contribution >= 4 is 10.1 Å². The second-order valence-corrected chi connectivity index (χ2v) is 3.71. The molecule has 6 heteroatoms. The second kappa shape index (κ2) is 3.69. The Bertz CT molecular complexity index is 388. The smallest absolute Gasteiger partial charge is 0.339 e. The zero-order valence-electron chi connectivity index (χ0n) is 6.41. The Labute approximate surface area is 74.1 Å². The summed E-state index contributed by atoms with van der Waals surface area (Å²) in [4.78, 5) is 0. The molecule has 0 radical (unpaired) electrons. The van der Waals surface area contributed by atoms with E-state index in [-0.39, 0.29) is 5.75 Å². The van der Waals surface area contributed by atoms with Gasteiger partial charge in [0.2, 0.25) is 6.01 Å². The van der Waals surface area contributed by atoms with E-state index < -0.39 is 21.9 Å². The van der Waals surface area contributed by atoms with Crippen molar-refractivity contribution in [3.8, 4) is 5.75 Å². The first-order valence-electron chi connectivity index (χ1n) is 3.27. The third kappa shape index (κ3) is 2.98. The van der Waals surface area contributed by atoms with Crippen molar-refractivity contribution in [1.29, 1.82) is 0 Å². The van der Waals surface area contributed by atoms with Crippen LogP contribution in [0, 0.1) is 5.82 Å². The van der Waals surface area contributed by atoms with Crippen LogP contribution in [0.4, 0.5) is 8.78 Å². The Morgan fingerprint density at radius 2 is 2.08 bits per heavy atom. The van der Waals surface area contributed by atoms with Crippen LogP contribution in [0.15, 0.2) is 24.3 Å². The van der Waals surface area contributed by atoms with Crippen LogP contribution in [-0.2, 0) is 10.1 Å². The first kappa shape index (κ1) is 9.91. The van der Waals surface area contributed by atoms with E-state index in [0.29, 0.717) is 0 Å². The lowest BCUT2D eigenvalue weighted by atomic mass is 10.3. The van der Waals surface area contributed by atoms with Gasteiger partial charge in [-0.25, -0.2) is 8.78 Å². The molecule has 13 heavy (non-hydrogen) atoms. The largest absolute Gasteiger partial charge is 0.380 e. The molecule has 0 atom stereocenters. The van der Waals surface area contributed by atoms with Crippen molar-refractivity contribution in [2.45, 2.75) is 0 Å². The molecule has 1 aromatic carbocycles. The van der Waals surface area contributed by atoms with E-state index in [4.69, 9.17) is 0 Å². The first-order valence-corrected chi connectivity index (χ1v) is 4.85. The van der Waals surface area contributed by atoms with Crippen molar-refractivity contribution in [2.24, 2.45) is 0 Å². The van der Waals surface area contributed by atoms with Gasteiger partial charge in [0.25, 0.3) is 0 Å². The van der Waals surface area contributed by atoms with E-state index in [1.807, 2.05) is 0 Å². The van der Waals surface area contributed by atoms with Crippen molar-refractivity contribution in [3.63, 3.8) is 0 Å². The molecule has 72 valence electrons. The summed E-state index contributed by atoms with van der Waals surface area (Å²) in [6.07, 6.45) is 0. The summed E-state index contributed by atoms with van der Waals surface area (Å²) in [6.45, 7) is 0. The predicted octanol–water partition coefficient (Wildman–Crippen LogP) is 1.46. The predicted molar refractivity (Wildman–Crippen MR) is 41.9 cm³/mol. The molecule has 1 aromatic rings. The molecule has 0 aromatic heterocycles. The van der Waals surface area contributed by atoms with E-state index in [1.54, 1.807) is 0 Å². The molecular weight excluding hydrogens is 202 g/mol. The average molecular weight is 208 g/mol. The molecule has 0 spiro atoms. The molecule has 0 heterocycles. The van der Waals surface area contributed by atoms with Crippen LogP contribution >= 0.6 is 0 Å². The van der Waals surface area contributed by atoms with Crippen LogP contribution in [0.1, 0.15) is 0 Å². The normalized spacial score (nSPS) is 11.2. The van der Waals surface area contributed by atoms with Gasteiger partial charge in [-0.2, -0.15) is 8.42 Å². The molecule has 0 fully saturated rings. The van der Waals surface area contributed by atoms with E-state index in [2.05, 4.69) is 4.18 Å². The summed E-state index contributed by atoms with van der Waals surface area (Å²) in [5.74, 6) is -0.885. The Kier molecular flexibility index (Phi) is 2.82. The molecule has 0 aliphatic carbocycles. The van der Waals surface area contributed by atoms with Gasteiger partial charge in [-0.3, -0.25) is 0 Å². The monoisotopic (exact) mass is 208 g/mol. The molecule has 0 amide bonds. The summed E-state index contributed by atoms with van der Waals surface area (Å²) >= 11 is 0. The Balaban J connectivity index is 2.87. The molecule has 0 aliphatic rings. The standard InChI is InChI=1S/C7H6F2O3S/c8-5-13(10,11)12-7-3-1-2-6(9)4-7/h1-4H,5H2. The van der Waals surface area contributed by atoms with Crippen LogP contribution in [-0.4, -0.2) is 14.4 Å². The maximum absolute atomic E-state index is 12.5. The summed E-state index contributed by atoms with van der Waals surface area (Å²) in [5, 5.41) is 0. The SMILES string of the molecule is O=S(=O)(CF)Oc1cccc(F)c1. The van der Waals surface area contributed by atoms with Crippen LogP contribution in [0.3, 0.4) is 0 Å². The molecule has 0 saturated heterocycles. The zero-order chi connectivity index (χ0) is 9.90. The summed E-state index contributed by atoms with van der Waals surface area (Å²) in [5.41, 5.74) is 0. The maximum atomic E-state index is 12.5. The van der Waals surface area contributed by atoms with E-state index >= 15 is 0 Å². The lowest BCUT2D eigenvalue weighted by molar-refractivity contribution is 0.449. The highest BCUT2D eigenvalue weighted by Crippen LogP contribution is 2.14. The Hall–Kier alpha value is -1.17. The van der Waals surface area contributed by atoms with Gasteiger partial charge >= 0.3 is 10.1 Å². The quantitative estimate of drug-likeness (QED) is 0.706. The van der Waals surface area contributed by atoms with E-state index in [9.17, 15) is 17.2 Å². The van der Waals surface area contributed by atoms with Gasteiger partial charge in [-0.05, 0) is 12.1 Å². The minimum Gasteiger partial charge on any atom is -0.380 e. The number of rotatable bonds is 3. The maximum Gasteiger partial charge on any atom is 0.339 e. The van der Waals surface area contributed by atoms with Crippen LogP contribution in [0.5, 0.6) is 5.75 Å². The minimum atomic E-state index is -4.22. The number of hydrogen-bond acceptors (Lipinski definition) is 3. The van der Waals surface area contributed by atoms with Gasteiger partial charge in [0.1, 0.15) is 11.6 Å². The Morgan fingerprint density at radius 3 is 2.62 bits per heavy atom. The molecule has 3 nitrogen and oxygen atoms in total. The molecule has 0 saturated carbocycles. The topological polar surface area (TPSA) is 43.4 Å². The van der Waals surface area contributed by atoms with E-state index in [0.717, 1.165) is 12.1 Å². The van der Waals surface area contributed by atoms with Crippen LogP contribution < -0.4 is 4.18 Å². The van der Waals surface area contributed by atoms with Crippen molar-refractivity contribution < 1.29 is 21.4 Å². The third-order valence-corrected chi connectivity index (χ3v) is 1.87. The minimum absolute atomic E-state index is 0.238. The number of halogens is 2. The van der Waals surface area contributed by atoms with Gasteiger partial charge in [-0.1, -0.05) is 6.07 Å². The number of hydrogen-bond donors (Lipinski definition) is 0. The van der Waals surface area contributed by atoms with Gasteiger partial charge < -0.3 is 4.18 Å². The highest BCUT2D eigenvalue weighted by atomic mass is 32.2. The average Bonchev–Trinajstić information content (AvgIpc) is 2.03. The summed E-state index contributed by atoms with van der Waals surface area (Å²) in [6, 6.07) is 2.82. The second-order valence-electron chi connectivity index (χ2n) is 2.21. The molecular formula is C7H6F2O3S. The number of alkyl halides is 1. The lowest BCUT2D eigenvalue weighted by Gasteiger charge is -2.02. The highest BCUT2D eigenvalue weighted by molar-refractivity contribution is 7.86. The molecule has 0 bridgehead atoms. The third-order valence-electron chi connectivity index (χ3n) is 1.15. The fraction of sp³-hybridized carbons (Fsp3) is 0.143. The summed E-state index contributed by atoms with van der Waals surface area (Å²) in [7, 11) is -4.22. The highest BCUT2D eigenvalue weighted by Gasteiger charge is 2.11. The zero-order valence-corrected chi connectivity index (χ0v) is 7.22. The van der Waals surface area contributed by atoms with Gasteiger partial charge in [0.15, 0.2) is 0 Å². The fourth-order valence-electron chi connectivity index (χ4n) is 0.688. The molecule has 1 rings (SSSR count). The van der Waals surface area contributed by atoms with E-state index in [1.165, 1.54) is 12.1 Å². The van der Waals surface area contributed by atoms with Gasteiger partial charge in [-0.15, -0.1) is 0 Å². The summed E-state index contributed by atoms with van der Waals surface area (Å²) < 4.78 is 49.5. The van der Waals surface area contributed by atoms with Crippen molar-refractivity contribution in [3.05, 3.63) is 30.1 Å².